The van der Waals surface area contributed by atoms with Gasteiger partial charge in [-0.2, -0.15) is 0 Å². The van der Waals surface area contributed by atoms with Crippen molar-refractivity contribution >= 4 is 85.9 Å². The summed E-state index contributed by atoms with van der Waals surface area (Å²) in [5.41, 5.74) is 3.41. The predicted octanol–water partition coefficient (Wildman–Crippen LogP) is 11.9. The van der Waals surface area contributed by atoms with Crippen molar-refractivity contribution in [2.45, 2.75) is 11.8 Å². The summed E-state index contributed by atoms with van der Waals surface area (Å²) >= 11 is 3.57. The van der Waals surface area contributed by atoms with Gasteiger partial charge in [-0.15, -0.1) is 22.7 Å². The molecule has 0 fully saturated rings. The standard InChI is InChI=1S/C25H18O2S.2C8H6S/c1-16-10-11-18-15-19(13-12-17(18)14-16)24-20-6-2-4-8-22(20)25(28(26)27)23-9-5-3-7-21(23)24;2*1-2-4-8-7(3-1)5-6-9-8/h2-15,28H,1H3;2*1-6H. The van der Waals surface area contributed by atoms with Crippen LogP contribution < -0.4 is 0 Å². The van der Waals surface area contributed by atoms with Crippen LogP contribution in [0.15, 0.2) is 161 Å². The first-order valence-corrected chi connectivity index (χ1v) is 17.9. The number of benzene rings is 7. The fourth-order valence-electron chi connectivity index (χ4n) is 5.95. The molecule has 2 nitrogen and oxygen atoms in total. The minimum Gasteiger partial charge on any atom is -0.227 e. The molecule has 0 bridgehead atoms. The van der Waals surface area contributed by atoms with Gasteiger partial charge in [0.25, 0.3) is 0 Å². The molecule has 5 heteroatoms. The molecule has 0 unspecified atom stereocenters. The lowest BCUT2D eigenvalue weighted by molar-refractivity contribution is 0.616. The van der Waals surface area contributed by atoms with Gasteiger partial charge in [-0.1, -0.05) is 121 Å². The normalized spacial score (nSPS) is 11.1. The summed E-state index contributed by atoms with van der Waals surface area (Å²) in [4.78, 5) is 0.404. The molecule has 0 radical (unpaired) electrons. The van der Waals surface area contributed by atoms with E-state index in [4.69, 9.17) is 0 Å². The van der Waals surface area contributed by atoms with Crippen molar-refractivity contribution < 1.29 is 8.42 Å². The number of fused-ring (bicyclic) bond motifs is 5. The molecule has 0 atom stereocenters. The van der Waals surface area contributed by atoms with Crippen LogP contribution in [0.25, 0.3) is 63.6 Å². The third-order valence-electron chi connectivity index (χ3n) is 8.09. The number of thiol groups is 1. The third kappa shape index (κ3) is 6.05. The molecule has 9 aromatic rings. The van der Waals surface area contributed by atoms with Crippen LogP contribution in [-0.4, -0.2) is 8.42 Å². The van der Waals surface area contributed by atoms with Crippen LogP contribution >= 0.6 is 22.7 Å². The van der Waals surface area contributed by atoms with Crippen molar-refractivity contribution in [1.82, 2.24) is 0 Å². The fourth-order valence-corrected chi connectivity index (χ4v) is 8.31. The lowest BCUT2D eigenvalue weighted by Gasteiger charge is -2.15. The van der Waals surface area contributed by atoms with Crippen LogP contribution in [0.3, 0.4) is 0 Å². The lowest BCUT2D eigenvalue weighted by Crippen LogP contribution is -1.92. The molecule has 0 aliphatic carbocycles. The SMILES string of the molecule is Cc1ccc2cc(-c3c4ccccc4c([SH](=O)=O)c4ccccc34)ccc2c1.c1ccc2sccc2c1.c1ccc2sccc2c1. The van der Waals surface area contributed by atoms with Crippen LogP contribution in [0, 0.1) is 6.92 Å². The van der Waals surface area contributed by atoms with E-state index in [0.29, 0.717) is 4.90 Å². The highest BCUT2D eigenvalue weighted by atomic mass is 32.2. The molecule has 0 amide bonds. The molecule has 0 saturated carbocycles. The first-order chi connectivity index (χ1) is 22.6. The molecule has 2 aromatic heterocycles. The van der Waals surface area contributed by atoms with Crippen LogP contribution in [-0.2, 0) is 10.7 Å². The van der Waals surface area contributed by atoms with Gasteiger partial charge < -0.3 is 0 Å². The maximum Gasteiger partial charge on any atom is 0.169 e. The number of hydrogen-bond acceptors (Lipinski definition) is 4. The molecule has 0 spiro atoms. The van der Waals surface area contributed by atoms with E-state index in [1.807, 2.05) is 48.5 Å². The summed E-state index contributed by atoms with van der Waals surface area (Å²) in [5, 5.41) is 12.8. The number of rotatable bonds is 2. The Kier molecular flexibility index (Phi) is 8.62. The van der Waals surface area contributed by atoms with Crippen molar-refractivity contribution in [2.24, 2.45) is 0 Å². The van der Waals surface area contributed by atoms with Crippen LogP contribution in [0.1, 0.15) is 5.56 Å². The average Bonchev–Trinajstić information content (AvgIpc) is 3.77. The molecular weight excluding hydrogens is 621 g/mol. The highest BCUT2D eigenvalue weighted by molar-refractivity contribution is 7.73. The predicted molar refractivity (Wildman–Crippen MR) is 201 cm³/mol. The van der Waals surface area contributed by atoms with Crippen molar-refractivity contribution in [3.05, 3.63) is 162 Å². The van der Waals surface area contributed by atoms with Crippen LogP contribution in [0.5, 0.6) is 0 Å². The monoisotopic (exact) mass is 650 g/mol. The first-order valence-electron chi connectivity index (χ1n) is 15.0. The summed E-state index contributed by atoms with van der Waals surface area (Å²) in [5.74, 6) is 0. The Balaban J connectivity index is 0.000000151. The maximum absolute atomic E-state index is 12.1. The molecule has 46 heavy (non-hydrogen) atoms. The molecule has 2 heterocycles. The lowest BCUT2D eigenvalue weighted by atomic mass is 9.91. The van der Waals surface area contributed by atoms with E-state index < -0.39 is 10.7 Å². The van der Waals surface area contributed by atoms with E-state index in [-0.39, 0.29) is 0 Å². The summed E-state index contributed by atoms with van der Waals surface area (Å²) in [6, 6.07) is 49.5. The van der Waals surface area contributed by atoms with E-state index in [0.717, 1.165) is 32.7 Å². The van der Waals surface area contributed by atoms with Crippen molar-refractivity contribution in [3.63, 3.8) is 0 Å². The Bertz CT molecular complexity index is 2360. The minimum atomic E-state index is -2.71. The molecule has 0 N–H and O–H groups in total. The molecule has 7 aromatic carbocycles. The van der Waals surface area contributed by atoms with Gasteiger partial charge in [-0.05, 0) is 91.5 Å². The summed E-state index contributed by atoms with van der Waals surface area (Å²) in [7, 11) is -2.71. The van der Waals surface area contributed by atoms with Crippen molar-refractivity contribution in [3.8, 4) is 11.1 Å². The smallest absolute Gasteiger partial charge is 0.169 e. The Morgan fingerprint density at radius 1 is 0.457 bits per heavy atom. The maximum atomic E-state index is 12.1. The zero-order valence-electron chi connectivity index (χ0n) is 25.1. The highest BCUT2D eigenvalue weighted by Crippen LogP contribution is 2.40. The Morgan fingerprint density at radius 3 is 1.48 bits per heavy atom. The second-order valence-corrected chi connectivity index (χ2v) is 13.9. The van der Waals surface area contributed by atoms with E-state index in [1.165, 1.54) is 36.5 Å². The minimum absolute atomic E-state index is 0.404. The largest absolute Gasteiger partial charge is 0.227 e. The number of aryl methyl sites for hydroxylation is 1. The summed E-state index contributed by atoms with van der Waals surface area (Å²) in [6.07, 6.45) is 0. The molecule has 0 aliphatic rings. The number of thiophene rings is 2. The molecular formula is C41H30O2S3. The van der Waals surface area contributed by atoms with Gasteiger partial charge in [0.05, 0.1) is 4.90 Å². The van der Waals surface area contributed by atoms with Crippen molar-refractivity contribution in [2.75, 3.05) is 0 Å². The average molecular weight is 651 g/mol. The van der Waals surface area contributed by atoms with Gasteiger partial charge in [0.15, 0.2) is 10.7 Å². The molecule has 224 valence electrons. The van der Waals surface area contributed by atoms with Crippen LogP contribution in [0.4, 0.5) is 0 Å². The van der Waals surface area contributed by atoms with Gasteiger partial charge in [0.1, 0.15) is 0 Å². The third-order valence-corrected chi connectivity index (χ3v) is 10.7. The van der Waals surface area contributed by atoms with Crippen molar-refractivity contribution in [1.29, 1.82) is 0 Å². The first kappa shape index (κ1) is 29.9. The second kappa shape index (κ2) is 13.3. The zero-order valence-corrected chi connectivity index (χ0v) is 27.6. The topological polar surface area (TPSA) is 34.1 Å². The quantitative estimate of drug-likeness (QED) is 0.149. The summed E-state index contributed by atoms with van der Waals surface area (Å²) < 4.78 is 27.0. The molecule has 0 saturated heterocycles. The van der Waals surface area contributed by atoms with E-state index >= 15 is 0 Å². The zero-order chi connectivity index (χ0) is 31.5. The fraction of sp³-hybridized carbons (Fsp3) is 0.0244. The van der Waals surface area contributed by atoms with Gasteiger partial charge in [-0.25, -0.2) is 8.42 Å². The Morgan fingerprint density at radius 2 is 0.935 bits per heavy atom. The van der Waals surface area contributed by atoms with E-state index in [2.05, 4.69) is 115 Å². The number of hydrogen-bond donors (Lipinski definition) is 1. The molecule has 0 aliphatic heterocycles. The highest BCUT2D eigenvalue weighted by Gasteiger charge is 2.16. The van der Waals surface area contributed by atoms with Gasteiger partial charge in [0.2, 0.25) is 0 Å². The molecule has 9 rings (SSSR count). The summed E-state index contributed by atoms with van der Waals surface area (Å²) in [6.45, 7) is 2.09. The van der Waals surface area contributed by atoms with E-state index in [9.17, 15) is 8.42 Å². The second-order valence-electron chi connectivity index (χ2n) is 11.1. The van der Waals surface area contributed by atoms with Crippen LogP contribution in [0.2, 0.25) is 0 Å². The Hall–Kier alpha value is -4.81. The Labute approximate surface area is 277 Å². The van der Waals surface area contributed by atoms with E-state index in [1.54, 1.807) is 22.7 Å². The van der Waals surface area contributed by atoms with Gasteiger partial charge in [0, 0.05) is 20.2 Å². The van der Waals surface area contributed by atoms with Gasteiger partial charge in [-0.3, -0.25) is 0 Å². The van der Waals surface area contributed by atoms with Gasteiger partial charge >= 0.3 is 0 Å².